The molecule has 33 heavy (non-hydrogen) atoms. The Morgan fingerprint density at radius 2 is 2.15 bits per heavy atom. The molecule has 0 bridgehead atoms. The highest BCUT2D eigenvalue weighted by Gasteiger charge is 2.23. The second-order valence-electron chi connectivity index (χ2n) is 8.03. The lowest BCUT2D eigenvalue weighted by molar-refractivity contribution is 0.0792. The SMILES string of the molecule is CN(CCc1ccncc1)C(=O)c1csc(Nc2nccc([C@@H]3CCCN(CC#N)C3)n2)n1. The van der Waals surface area contributed by atoms with Crippen LogP contribution in [0.25, 0.3) is 0 Å². The van der Waals surface area contributed by atoms with Gasteiger partial charge in [-0.3, -0.25) is 14.7 Å². The van der Waals surface area contributed by atoms with E-state index < -0.39 is 0 Å². The Labute approximate surface area is 197 Å². The average Bonchev–Trinajstić information content (AvgIpc) is 3.31. The first kappa shape index (κ1) is 22.8. The van der Waals surface area contributed by atoms with Gasteiger partial charge in [0, 0.05) is 50.0 Å². The van der Waals surface area contributed by atoms with Crippen LogP contribution in [0.3, 0.4) is 0 Å². The normalized spacial score (nSPS) is 16.2. The maximum Gasteiger partial charge on any atom is 0.273 e. The summed E-state index contributed by atoms with van der Waals surface area (Å²) in [6.07, 6.45) is 8.09. The molecule has 4 rings (SSSR count). The van der Waals surface area contributed by atoms with Gasteiger partial charge in [-0.25, -0.2) is 15.0 Å². The van der Waals surface area contributed by atoms with Crippen LogP contribution in [0.1, 0.15) is 40.5 Å². The number of carbonyl (C=O) groups is 1. The van der Waals surface area contributed by atoms with Crippen molar-refractivity contribution < 1.29 is 4.79 Å². The quantitative estimate of drug-likeness (QED) is 0.509. The standard InChI is InChI=1S/C23H26N8OS/c1-30(13-7-17-4-9-25-10-5-17)21(32)20-16-33-23(28-20)29-22-26-11-6-19(27-22)18-3-2-12-31(15-18)14-8-24/h4-6,9-11,16,18H,2-3,7,12-15H2,1H3,(H,26,27,28,29)/t18-/m1/s1. The molecule has 1 saturated heterocycles. The number of nitrogens with one attached hydrogen (secondary N) is 1. The lowest BCUT2D eigenvalue weighted by atomic mass is 9.94. The summed E-state index contributed by atoms with van der Waals surface area (Å²) >= 11 is 1.35. The van der Waals surface area contributed by atoms with Gasteiger partial charge in [-0.15, -0.1) is 11.3 Å². The first-order valence-electron chi connectivity index (χ1n) is 10.9. The van der Waals surface area contributed by atoms with E-state index in [2.05, 4.69) is 36.2 Å². The van der Waals surface area contributed by atoms with Crippen molar-refractivity contribution in [1.82, 2.24) is 29.7 Å². The van der Waals surface area contributed by atoms with Crippen molar-refractivity contribution in [3.63, 3.8) is 0 Å². The van der Waals surface area contributed by atoms with Crippen LogP contribution in [0.15, 0.2) is 42.2 Å². The molecule has 1 fully saturated rings. The van der Waals surface area contributed by atoms with E-state index >= 15 is 0 Å². The van der Waals surface area contributed by atoms with Crippen LogP contribution in [0.2, 0.25) is 0 Å². The van der Waals surface area contributed by atoms with Gasteiger partial charge >= 0.3 is 0 Å². The molecule has 9 nitrogen and oxygen atoms in total. The van der Waals surface area contributed by atoms with Gasteiger partial charge in [-0.1, -0.05) is 0 Å². The Morgan fingerprint density at radius 3 is 2.97 bits per heavy atom. The van der Waals surface area contributed by atoms with Gasteiger partial charge in [0.25, 0.3) is 5.91 Å². The van der Waals surface area contributed by atoms with Crippen molar-refractivity contribution in [2.45, 2.75) is 25.2 Å². The topological polar surface area (TPSA) is 111 Å². The van der Waals surface area contributed by atoms with E-state index in [4.69, 9.17) is 5.26 Å². The van der Waals surface area contributed by atoms with Crippen molar-refractivity contribution in [3.8, 4) is 6.07 Å². The van der Waals surface area contributed by atoms with Gasteiger partial charge < -0.3 is 10.2 Å². The third kappa shape index (κ3) is 6.09. The highest BCUT2D eigenvalue weighted by molar-refractivity contribution is 7.14. The summed E-state index contributed by atoms with van der Waals surface area (Å²) in [4.78, 5) is 34.0. The number of thiazole rings is 1. The highest BCUT2D eigenvalue weighted by Crippen LogP contribution is 2.26. The zero-order valence-corrected chi connectivity index (χ0v) is 19.3. The third-order valence-electron chi connectivity index (χ3n) is 5.67. The summed E-state index contributed by atoms with van der Waals surface area (Å²) in [5.41, 5.74) is 2.49. The van der Waals surface area contributed by atoms with Gasteiger partial charge in [-0.05, 0) is 49.6 Å². The van der Waals surface area contributed by atoms with Crippen molar-refractivity contribution in [2.75, 3.05) is 38.5 Å². The fraction of sp³-hybridized carbons (Fsp3) is 0.391. The third-order valence-corrected chi connectivity index (χ3v) is 6.43. The number of rotatable bonds is 8. The molecule has 0 unspecified atom stereocenters. The van der Waals surface area contributed by atoms with Crippen LogP contribution < -0.4 is 5.32 Å². The predicted molar refractivity (Wildman–Crippen MR) is 126 cm³/mol. The van der Waals surface area contributed by atoms with Crippen molar-refractivity contribution in [2.24, 2.45) is 0 Å². The van der Waals surface area contributed by atoms with Gasteiger partial charge in [0.05, 0.1) is 18.3 Å². The number of anilines is 2. The Balaban J connectivity index is 1.36. The summed E-state index contributed by atoms with van der Waals surface area (Å²) in [5, 5.41) is 14.4. The van der Waals surface area contributed by atoms with E-state index in [-0.39, 0.29) is 11.8 Å². The highest BCUT2D eigenvalue weighted by atomic mass is 32.1. The zero-order valence-electron chi connectivity index (χ0n) is 18.5. The van der Waals surface area contributed by atoms with Gasteiger partial charge in [0.2, 0.25) is 5.95 Å². The number of pyridine rings is 1. The summed E-state index contributed by atoms with van der Waals surface area (Å²) in [5.74, 6) is 0.616. The Hall–Kier alpha value is -3.42. The number of nitrogens with zero attached hydrogens (tertiary/aromatic N) is 7. The minimum absolute atomic E-state index is 0.122. The monoisotopic (exact) mass is 462 g/mol. The second-order valence-corrected chi connectivity index (χ2v) is 8.89. The summed E-state index contributed by atoms with van der Waals surface area (Å²) in [6.45, 7) is 2.82. The van der Waals surface area contributed by atoms with E-state index in [0.717, 1.165) is 43.6 Å². The zero-order chi connectivity index (χ0) is 23.0. The van der Waals surface area contributed by atoms with Crippen LogP contribution in [0.4, 0.5) is 11.1 Å². The molecule has 3 aromatic heterocycles. The minimum Gasteiger partial charge on any atom is -0.340 e. The number of hydrogen-bond donors (Lipinski definition) is 1. The number of amides is 1. The molecular formula is C23H26N8OS. The summed E-state index contributed by atoms with van der Waals surface area (Å²) in [6, 6.07) is 8.06. The van der Waals surface area contributed by atoms with Gasteiger partial charge in [0.1, 0.15) is 5.69 Å². The first-order chi connectivity index (χ1) is 16.1. The van der Waals surface area contributed by atoms with Crippen LogP contribution in [0, 0.1) is 11.3 Å². The second kappa shape index (κ2) is 10.9. The molecule has 1 atom stereocenters. The molecule has 4 heterocycles. The molecule has 0 radical (unpaired) electrons. The maximum atomic E-state index is 12.7. The molecule has 0 saturated carbocycles. The van der Waals surface area contributed by atoms with Crippen LogP contribution >= 0.6 is 11.3 Å². The number of aromatic nitrogens is 4. The molecule has 0 aliphatic carbocycles. The van der Waals surface area contributed by atoms with Crippen molar-refractivity contribution >= 4 is 28.3 Å². The largest absolute Gasteiger partial charge is 0.340 e. The Bertz CT molecular complexity index is 1110. The lowest BCUT2D eigenvalue weighted by Gasteiger charge is -2.30. The van der Waals surface area contributed by atoms with Gasteiger partial charge in [-0.2, -0.15) is 5.26 Å². The van der Waals surface area contributed by atoms with Crippen molar-refractivity contribution in [3.05, 3.63) is 59.1 Å². The number of nitriles is 1. The van der Waals surface area contributed by atoms with Crippen LogP contribution in [0.5, 0.6) is 0 Å². The molecule has 170 valence electrons. The molecule has 1 N–H and O–H groups in total. The van der Waals surface area contributed by atoms with E-state index in [1.807, 2.05) is 18.2 Å². The van der Waals surface area contributed by atoms with Crippen molar-refractivity contribution in [1.29, 1.82) is 5.26 Å². The fourth-order valence-corrected chi connectivity index (χ4v) is 4.55. The van der Waals surface area contributed by atoms with E-state index in [9.17, 15) is 4.79 Å². The molecule has 0 aromatic carbocycles. The van der Waals surface area contributed by atoms with Crippen LogP contribution in [-0.2, 0) is 6.42 Å². The minimum atomic E-state index is -0.122. The summed E-state index contributed by atoms with van der Waals surface area (Å²) in [7, 11) is 1.78. The molecule has 10 heteroatoms. The summed E-state index contributed by atoms with van der Waals surface area (Å²) < 4.78 is 0. The lowest BCUT2D eigenvalue weighted by Crippen LogP contribution is -2.34. The Kier molecular flexibility index (Phi) is 7.55. The van der Waals surface area contributed by atoms with E-state index in [0.29, 0.717) is 29.9 Å². The number of piperidine rings is 1. The number of likely N-dealkylation sites (tertiary alicyclic amines) is 1. The molecule has 0 spiro atoms. The number of carbonyl (C=O) groups excluding carboxylic acids is 1. The average molecular weight is 463 g/mol. The molecule has 3 aromatic rings. The molecular weight excluding hydrogens is 436 g/mol. The van der Waals surface area contributed by atoms with Crippen LogP contribution in [-0.4, -0.2) is 68.9 Å². The van der Waals surface area contributed by atoms with Gasteiger partial charge in [0.15, 0.2) is 5.13 Å². The Morgan fingerprint density at radius 1 is 1.30 bits per heavy atom. The number of likely N-dealkylation sites (N-methyl/N-ethyl adjacent to an activating group) is 1. The number of hydrogen-bond acceptors (Lipinski definition) is 9. The smallest absolute Gasteiger partial charge is 0.273 e. The van der Waals surface area contributed by atoms with E-state index in [1.165, 1.54) is 11.3 Å². The molecule has 1 amide bonds. The first-order valence-corrected chi connectivity index (χ1v) is 11.8. The molecule has 1 aliphatic rings. The molecule has 1 aliphatic heterocycles. The predicted octanol–water partition coefficient (Wildman–Crippen LogP) is 3.09. The maximum absolute atomic E-state index is 12.7. The fourth-order valence-electron chi connectivity index (χ4n) is 3.87. The van der Waals surface area contributed by atoms with E-state index in [1.54, 1.807) is 35.9 Å².